The first-order chi connectivity index (χ1) is 24.4. The Hall–Kier alpha value is -3.32. The molecule has 0 bridgehead atoms. The third-order valence-electron chi connectivity index (χ3n) is 8.26. The number of ether oxygens (including phenoxy) is 2. The van der Waals surface area contributed by atoms with E-state index in [1.54, 1.807) is 73.1 Å². The Morgan fingerprint density at radius 1 is 0.640 bits per heavy atom. The number of allylic oxidation sites excluding steroid dienone is 2. The fraction of sp³-hybridized carbons (Fsp3) is 0.526. The zero-order chi connectivity index (χ0) is 36.4. The summed E-state index contributed by atoms with van der Waals surface area (Å²) in [5, 5.41) is -0.198. The summed E-state index contributed by atoms with van der Waals surface area (Å²) in [6.45, 7) is 5.95. The molecule has 2 rings (SSSR count). The van der Waals surface area contributed by atoms with Crippen molar-refractivity contribution in [2.75, 3.05) is 40.5 Å². The quantitative estimate of drug-likeness (QED) is 0.0657. The standard InChI is InChI=1S/C38H54N4O6S2/c1-31(35(19-25-47-3)49-37(45)33-17-15-21-39-27-33)41(29-43)23-13-11-9-7-5-6-8-10-12-14-24-42(30-44)32(2)36(20-26-48-4)50-38(46)34-18-16-22-40-28-34/h15-18,21-22,27-30H,5-14,19-20,23-26H2,1-4H3/b35-31-,36-32-. The SMILES string of the molecule is COCC/C(SC(=O)c1cccnc1)=C(\C)N(C=O)CCCCCCCCCCCCN(C=O)/C(C)=C(/CCOC)SC(=O)c1cccnc1. The molecule has 0 N–H and O–H groups in total. The second-order valence-electron chi connectivity index (χ2n) is 11.9. The van der Waals surface area contributed by atoms with Gasteiger partial charge in [-0.1, -0.05) is 51.4 Å². The highest BCUT2D eigenvalue weighted by atomic mass is 32.2. The molecule has 0 aromatic carbocycles. The first-order valence-corrected chi connectivity index (χ1v) is 19.0. The molecule has 2 aromatic heterocycles. The van der Waals surface area contributed by atoms with Crippen LogP contribution in [0.3, 0.4) is 0 Å². The minimum atomic E-state index is -0.0988. The Labute approximate surface area is 306 Å². The second kappa shape index (κ2) is 26.5. The lowest BCUT2D eigenvalue weighted by molar-refractivity contribution is -0.117. The monoisotopic (exact) mass is 726 g/mol. The lowest BCUT2D eigenvalue weighted by Crippen LogP contribution is -2.22. The fourth-order valence-electron chi connectivity index (χ4n) is 5.21. The first kappa shape index (κ1) is 42.8. The average molecular weight is 727 g/mol. The molecule has 2 heterocycles. The molecule has 0 saturated heterocycles. The smallest absolute Gasteiger partial charge is 0.225 e. The Balaban J connectivity index is 1.68. The van der Waals surface area contributed by atoms with Gasteiger partial charge in [0, 0.05) is 97.3 Å². The number of carbonyl (C=O) groups excluding carboxylic acids is 4. The molecule has 0 radical (unpaired) electrons. The van der Waals surface area contributed by atoms with Crippen molar-refractivity contribution >= 4 is 46.6 Å². The molecule has 0 unspecified atom stereocenters. The summed E-state index contributed by atoms with van der Waals surface area (Å²) in [4.78, 5) is 62.6. The average Bonchev–Trinajstić information content (AvgIpc) is 3.15. The zero-order valence-electron chi connectivity index (χ0n) is 30.1. The number of rotatable bonds is 27. The van der Waals surface area contributed by atoms with Crippen LogP contribution in [-0.2, 0) is 19.1 Å². The van der Waals surface area contributed by atoms with Crippen LogP contribution in [0.1, 0.15) is 112 Å². The largest absolute Gasteiger partial charge is 0.384 e. The van der Waals surface area contributed by atoms with Gasteiger partial charge in [-0.3, -0.25) is 29.1 Å². The number of methoxy groups -OCH3 is 2. The van der Waals surface area contributed by atoms with Crippen LogP contribution in [0.4, 0.5) is 0 Å². The van der Waals surface area contributed by atoms with Crippen molar-refractivity contribution in [3.8, 4) is 0 Å². The van der Waals surface area contributed by atoms with Crippen LogP contribution in [0.5, 0.6) is 0 Å². The van der Waals surface area contributed by atoms with E-state index in [1.165, 1.54) is 12.8 Å². The highest BCUT2D eigenvalue weighted by Crippen LogP contribution is 2.30. The van der Waals surface area contributed by atoms with Crippen molar-refractivity contribution < 1.29 is 28.7 Å². The van der Waals surface area contributed by atoms with Gasteiger partial charge in [0.05, 0.1) is 13.2 Å². The van der Waals surface area contributed by atoms with E-state index in [9.17, 15) is 19.2 Å². The Kier molecular flexibility index (Phi) is 22.7. The van der Waals surface area contributed by atoms with Gasteiger partial charge < -0.3 is 19.3 Å². The maximum atomic E-state index is 12.8. The minimum absolute atomic E-state index is 0.0988. The molecule has 12 heteroatoms. The van der Waals surface area contributed by atoms with Crippen molar-refractivity contribution in [2.45, 2.75) is 90.9 Å². The van der Waals surface area contributed by atoms with E-state index in [2.05, 4.69) is 9.97 Å². The van der Waals surface area contributed by atoms with Crippen molar-refractivity contribution in [1.29, 1.82) is 0 Å². The van der Waals surface area contributed by atoms with E-state index in [-0.39, 0.29) is 10.2 Å². The summed E-state index contributed by atoms with van der Waals surface area (Å²) < 4.78 is 10.5. The minimum Gasteiger partial charge on any atom is -0.384 e. The summed E-state index contributed by atoms with van der Waals surface area (Å²) >= 11 is 2.28. The molecule has 0 aliphatic carbocycles. The van der Waals surface area contributed by atoms with Crippen LogP contribution in [0, 0.1) is 0 Å². The number of amides is 2. The van der Waals surface area contributed by atoms with Crippen LogP contribution in [0.15, 0.2) is 70.3 Å². The van der Waals surface area contributed by atoms with Crippen LogP contribution in [-0.4, -0.2) is 83.3 Å². The predicted molar refractivity (Wildman–Crippen MR) is 202 cm³/mol. The summed E-state index contributed by atoms with van der Waals surface area (Å²) in [6.07, 6.45) is 20.0. The highest BCUT2D eigenvalue weighted by Gasteiger charge is 2.18. The number of hydrogen-bond donors (Lipinski definition) is 0. The molecular formula is C38H54N4O6S2. The number of nitrogens with zero attached hydrogens (tertiary/aromatic N) is 4. The van der Waals surface area contributed by atoms with E-state index in [4.69, 9.17) is 9.47 Å². The summed E-state index contributed by atoms with van der Waals surface area (Å²) in [6, 6.07) is 6.96. The van der Waals surface area contributed by atoms with Crippen molar-refractivity contribution in [2.24, 2.45) is 0 Å². The molecule has 0 atom stereocenters. The molecule has 50 heavy (non-hydrogen) atoms. The van der Waals surface area contributed by atoms with Gasteiger partial charge >= 0.3 is 0 Å². The first-order valence-electron chi connectivity index (χ1n) is 17.4. The number of aromatic nitrogens is 2. The lowest BCUT2D eigenvalue weighted by atomic mass is 10.1. The molecule has 0 aliphatic heterocycles. The van der Waals surface area contributed by atoms with E-state index < -0.39 is 0 Å². The number of unbranched alkanes of at least 4 members (excludes halogenated alkanes) is 9. The molecule has 2 amide bonds. The van der Waals surface area contributed by atoms with Gasteiger partial charge in [0.1, 0.15) is 0 Å². The maximum Gasteiger partial charge on any atom is 0.225 e. The molecule has 0 spiro atoms. The Morgan fingerprint density at radius 3 is 1.30 bits per heavy atom. The van der Waals surface area contributed by atoms with Crippen LogP contribution >= 0.6 is 23.5 Å². The summed E-state index contributed by atoms with van der Waals surface area (Å²) in [7, 11) is 3.25. The van der Waals surface area contributed by atoms with Gasteiger partial charge in [0.15, 0.2) is 0 Å². The Bertz CT molecular complexity index is 1250. The lowest BCUT2D eigenvalue weighted by Gasteiger charge is -2.21. The van der Waals surface area contributed by atoms with E-state index in [1.807, 2.05) is 13.8 Å². The van der Waals surface area contributed by atoms with E-state index in [0.29, 0.717) is 50.3 Å². The third kappa shape index (κ3) is 16.6. The third-order valence-corrected chi connectivity index (χ3v) is 10.6. The summed E-state index contributed by atoms with van der Waals surface area (Å²) in [5.41, 5.74) is 2.65. The van der Waals surface area contributed by atoms with Crippen LogP contribution in [0.25, 0.3) is 0 Å². The van der Waals surface area contributed by atoms with Gasteiger partial charge in [-0.25, -0.2) is 0 Å². The van der Waals surface area contributed by atoms with Crippen LogP contribution < -0.4 is 0 Å². The van der Waals surface area contributed by atoms with Gasteiger partial charge in [-0.2, -0.15) is 0 Å². The Morgan fingerprint density at radius 2 is 1.00 bits per heavy atom. The molecule has 0 saturated carbocycles. The second-order valence-corrected chi connectivity index (χ2v) is 14.0. The molecule has 10 nitrogen and oxygen atoms in total. The molecule has 0 fully saturated rings. The molecule has 274 valence electrons. The van der Waals surface area contributed by atoms with Crippen molar-refractivity contribution in [3.05, 3.63) is 81.4 Å². The van der Waals surface area contributed by atoms with E-state index >= 15 is 0 Å². The number of hydrogen-bond acceptors (Lipinski definition) is 10. The normalized spacial score (nSPS) is 12.2. The van der Waals surface area contributed by atoms with Gasteiger partial charge in [-0.05, 0) is 74.5 Å². The topological polar surface area (TPSA) is 119 Å². The molecule has 0 aliphatic rings. The maximum absolute atomic E-state index is 12.8. The number of pyridine rings is 2. The van der Waals surface area contributed by atoms with Crippen LogP contribution in [0.2, 0.25) is 0 Å². The van der Waals surface area contributed by atoms with Gasteiger partial charge in [0.25, 0.3) is 0 Å². The van der Waals surface area contributed by atoms with Crippen molar-refractivity contribution in [3.63, 3.8) is 0 Å². The predicted octanol–water partition coefficient (Wildman–Crippen LogP) is 8.28. The van der Waals surface area contributed by atoms with E-state index in [0.717, 1.165) is 109 Å². The fourth-order valence-corrected chi connectivity index (χ4v) is 7.03. The highest BCUT2D eigenvalue weighted by molar-refractivity contribution is 8.17. The van der Waals surface area contributed by atoms with Crippen molar-refractivity contribution in [1.82, 2.24) is 19.8 Å². The molecule has 2 aromatic rings. The summed E-state index contributed by atoms with van der Waals surface area (Å²) in [5.74, 6) is 0. The number of carbonyl (C=O) groups is 4. The molecular weight excluding hydrogens is 673 g/mol. The zero-order valence-corrected chi connectivity index (χ0v) is 31.8. The van der Waals surface area contributed by atoms with Gasteiger partial charge in [0.2, 0.25) is 23.1 Å². The number of thioether (sulfide) groups is 2. The van der Waals surface area contributed by atoms with Gasteiger partial charge in [-0.15, -0.1) is 0 Å².